The molecule has 2 aromatic rings. The number of nitrogens with one attached hydrogen (secondary N) is 1. The molecule has 0 aliphatic heterocycles. The van der Waals surface area contributed by atoms with Crippen molar-refractivity contribution in [1.29, 1.82) is 0 Å². The molecule has 0 aromatic carbocycles. The van der Waals surface area contributed by atoms with Gasteiger partial charge < -0.3 is 5.32 Å². The van der Waals surface area contributed by atoms with Crippen molar-refractivity contribution < 1.29 is 4.92 Å². The van der Waals surface area contributed by atoms with E-state index in [1.54, 1.807) is 13.2 Å². The SMILES string of the molecule is CCc1nn(C)c(NCc2nccs2)c1[N+](=O)[O-]. The quantitative estimate of drug-likeness (QED) is 0.661. The number of hydrogen-bond acceptors (Lipinski definition) is 6. The second-order valence-corrected chi connectivity index (χ2v) is 4.64. The minimum Gasteiger partial charge on any atom is -0.358 e. The molecule has 0 unspecified atom stereocenters. The normalized spacial score (nSPS) is 10.6. The van der Waals surface area contributed by atoms with Crippen LogP contribution in [0.25, 0.3) is 0 Å². The second kappa shape index (κ2) is 5.13. The van der Waals surface area contributed by atoms with Gasteiger partial charge in [-0.2, -0.15) is 5.10 Å². The van der Waals surface area contributed by atoms with Gasteiger partial charge in [-0.05, 0) is 6.42 Å². The zero-order valence-electron chi connectivity index (χ0n) is 10.1. The molecule has 2 aromatic heterocycles. The molecule has 18 heavy (non-hydrogen) atoms. The van der Waals surface area contributed by atoms with Crippen LogP contribution in [0.2, 0.25) is 0 Å². The molecule has 2 rings (SSSR count). The molecule has 0 bridgehead atoms. The zero-order chi connectivity index (χ0) is 13.1. The van der Waals surface area contributed by atoms with Crippen molar-refractivity contribution in [2.45, 2.75) is 19.9 Å². The molecule has 96 valence electrons. The Balaban J connectivity index is 2.26. The number of nitrogens with zero attached hydrogens (tertiary/aromatic N) is 4. The van der Waals surface area contributed by atoms with Gasteiger partial charge in [0, 0.05) is 18.6 Å². The third-order valence-electron chi connectivity index (χ3n) is 2.50. The number of thiazole rings is 1. The highest BCUT2D eigenvalue weighted by molar-refractivity contribution is 7.09. The Morgan fingerprint density at radius 3 is 2.94 bits per heavy atom. The zero-order valence-corrected chi connectivity index (χ0v) is 10.9. The average Bonchev–Trinajstić information content (AvgIpc) is 2.93. The molecule has 0 fully saturated rings. The Labute approximate surface area is 108 Å². The molecule has 0 saturated heterocycles. The summed E-state index contributed by atoms with van der Waals surface area (Å²) in [5, 5.41) is 21.0. The minimum absolute atomic E-state index is 0.0524. The fraction of sp³-hybridized carbons (Fsp3) is 0.400. The van der Waals surface area contributed by atoms with Crippen molar-refractivity contribution in [1.82, 2.24) is 14.8 Å². The summed E-state index contributed by atoms with van der Waals surface area (Å²) in [6, 6.07) is 0. The van der Waals surface area contributed by atoms with Crippen LogP contribution in [0.15, 0.2) is 11.6 Å². The van der Waals surface area contributed by atoms with E-state index < -0.39 is 4.92 Å². The highest BCUT2D eigenvalue weighted by Crippen LogP contribution is 2.28. The standard InChI is InChI=1S/C10H13N5O2S/c1-3-7-9(15(16)17)10(14(2)13-7)12-6-8-11-4-5-18-8/h4-5,12H,3,6H2,1-2H3. The molecule has 0 aliphatic carbocycles. The summed E-state index contributed by atoms with van der Waals surface area (Å²) in [6.07, 6.45) is 2.24. The van der Waals surface area contributed by atoms with E-state index in [9.17, 15) is 10.1 Å². The fourth-order valence-corrected chi connectivity index (χ4v) is 2.25. The van der Waals surface area contributed by atoms with Crippen LogP contribution < -0.4 is 5.32 Å². The molecule has 1 N–H and O–H groups in total. The van der Waals surface area contributed by atoms with Gasteiger partial charge in [-0.25, -0.2) is 9.67 Å². The maximum absolute atomic E-state index is 11.1. The van der Waals surface area contributed by atoms with E-state index in [1.165, 1.54) is 16.0 Å². The molecule has 7 nitrogen and oxygen atoms in total. The van der Waals surface area contributed by atoms with E-state index in [1.807, 2.05) is 12.3 Å². The fourth-order valence-electron chi connectivity index (χ4n) is 1.70. The van der Waals surface area contributed by atoms with Gasteiger partial charge >= 0.3 is 5.69 Å². The molecule has 0 saturated carbocycles. The molecule has 0 spiro atoms. The van der Waals surface area contributed by atoms with Gasteiger partial charge in [-0.3, -0.25) is 10.1 Å². The van der Waals surface area contributed by atoms with Crippen LogP contribution in [0.3, 0.4) is 0 Å². The Morgan fingerprint density at radius 2 is 2.39 bits per heavy atom. The van der Waals surface area contributed by atoms with Gasteiger partial charge in [0.15, 0.2) is 0 Å². The smallest absolute Gasteiger partial charge is 0.333 e. The molecule has 2 heterocycles. The van der Waals surface area contributed by atoms with Crippen LogP contribution >= 0.6 is 11.3 Å². The van der Waals surface area contributed by atoms with Gasteiger partial charge in [-0.15, -0.1) is 11.3 Å². The third-order valence-corrected chi connectivity index (χ3v) is 3.28. The predicted octanol–water partition coefficient (Wildman–Crippen LogP) is 1.96. The number of nitro groups is 1. The van der Waals surface area contributed by atoms with Crippen LogP contribution in [-0.4, -0.2) is 19.7 Å². The first kappa shape index (κ1) is 12.5. The van der Waals surface area contributed by atoms with Crippen molar-refractivity contribution in [3.05, 3.63) is 32.4 Å². The summed E-state index contributed by atoms with van der Waals surface area (Å²) in [5.74, 6) is 0.423. The maximum Gasteiger partial charge on any atom is 0.333 e. The first-order valence-electron chi connectivity index (χ1n) is 5.46. The summed E-state index contributed by atoms with van der Waals surface area (Å²) in [4.78, 5) is 14.8. The van der Waals surface area contributed by atoms with Crippen LogP contribution in [0.1, 0.15) is 17.6 Å². The van der Waals surface area contributed by atoms with Gasteiger partial charge in [0.05, 0.1) is 11.5 Å². The lowest BCUT2D eigenvalue weighted by Crippen LogP contribution is -2.06. The first-order chi connectivity index (χ1) is 8.63. The maximum atomic E-state index is 11.1. The summed E-state index contributed by atoms with van der Waals surface area (Å²) in [5.41, 5.74) is 0.542. The third kappa shape index (κ3) is 2.33. The van der Waals surface area contributed by atoms with Crippen molar-refractivity contribution in [3.63, 3.8) is 0 Å². The first-order valence-corrected chi connectivity index (χ1v) is 6.34. The Hall–Kier alpha value is -1.96. The van der Waals surface area contributed by atoms with Gasteiger partial charge in [-0.1, -0.05) is 6.92 Å². The van der Waals surface area contributed by atoms with Gasteiger partial charge in [0.2, 0.25) is 5.82 Å². The number of aromatic nitrogens is 3. The van der Waals surface area contributed by atoms with E-state index in [-0.39, 0.29) is 5.69 Å². The lowest BCUT2D eigenvalue weighted by atomic mass is 10.3. The minimum atomic E-state index is -0.393. The lowest BCUT2D eigenvalue weighted by Gasteiger charge is -2.03. The molecule has 8 heteroatoms. The summed E-state index contributed by atoms with van der Waals surface area (Å²) >= 11 is 1.50. The van der Waals surface area contributed by atoms with Crippen molar-refractivity contribution in [2.75, 3.05) is 5.32 Å². The van der Waals surface area contributed by atoms with Crippen molar-refractivity contribution >= 4 is 22.8 Å². The molecular weight excluding hydrogens is 254 g/mol. The van der Waals surface area contributed by atoms with Crippen LogP contribution in [0, 0.1) is 10.1 Å². The van der Waals surface area contributed by atoms with E-state index in [2.05, 4.69) is 15.4 Å². The highest BCUT2D eigenvalue weighted by Gasteiger charge is 2.25. The molecule has 0 amide bonds. The Kier molecular flexibility index (Phi) is 3.56. The van der Waals surface area contributed by atoms with Crippen LogP contribution in [-0.2, 0) is 20.0 Å². The van der Waals surface area contributed by atoms with Crippen molar-refractivity contribution in [2.24, 2.45) is 7.05 Å². The number of rotatable bonds is 5. The van der Waals surface area contributed by atoms with Gasteiger partial charge in [0.25, 0.3) is 0 Å². The second-order valence-electron chi connectivity index (χ2n) is 3.66. The van der Waals surface area contributed by atoms with Crippen LogP contribution in [0.4, 0.5) is 11.5 Å². The molecule has 0 atom stereocenters. The molecule has 0 radical (unpaired) electrons. The van der Waals surface area contributed by atoms with Crippen LogP contribution in [0.5, 0.6) is 0 Å². The van der Waals surface area contributed by atoms with E-state index in [4.69, 9.17) is 0 Å². The summed E-state index contributed by atoms with van der Waals surface area (Å²) in [7, 11) is 1.69. The Morgan fingerprint density at radius 1 is 1.61 bits per heavy atom. The largest absolute Gasteiger partial charge is 0.358 e. The van der Waals surface area contributed by atoms with E-state index in [0.29, 0.717) is 24.5 Å². The molecular formula is C10H13N5O2S. The summed E-state index contributed by atoms with van der Waals surface area (Å²) < 4.78 is 1.50. The summed E-state index contributed by atoms with van der Waals surface area (Å²) in [6.45, 7) is 2.31. The van der Waals surface area contributed by atoms with Crippen molar-refractivity contribution in [3.8, 4) is 0 Å². The average molecular weight is 267 g/mol. The van der Waals surface area contributed by atoms with E-state index >= 15 is 0 Å². The number of anilines is 1. The Bertz CT molecular complexity index is 549. The van der Waals surface area contributed by atoms with E-state index in [0.717, 1.165) is 5.01 Å². The number of hydrogen-bond donors (Lipinski definition) is 1. The predicted molar refractivity (Wildman–Crippen MR) is 68.7 cm³/mol. The van der Waals surface area contributed by atoms with Gasteiger partial charge in [0.1, 0.15) is 10.7 Å². The topological polar surface area (TPSA) is 85.9 Å². The lowest BCUT2D eigenvalue weighted by molar-refractivity contribution is -0.384. The highest BCUT2D eigenvalue weighted by atomic mass is 32.1. The monoisotopic (exact) mass is 267 g/mol. The molecule has 0 aliphatic rings. The number of aryl methyl sites for hydroxylation is 2.